The Morgan fingerprint density at radius 2 is 1.47 bits per heavy atom. The van der Waals surface area contributed by atoms with E-state index < -0.39 is 76.4 Å². The molecule has 0 spiro atoms. The van der Waals surface area contributed by atoms with E-state index in [4.69, 9.17) is 14.5 Å². The normalized spacial score (nSPS) is 31.3. The summed E-state index contributed by atoms with van der Waals surface area (Å²) in [5.74, 6) is -8.40. The van der Waals surface area contributed by atoms with Gasteiger partial charge in [-0.05, 0) is 25.7 Å². The van der Waals surface area contributed by atoms with Gasteiger partial charge in [0, 0.05) is 29.6 Å². The summed E-state index contributed by atoms with van der Waals surface area (Å²) in [6.45, 7) is 0.779. The summed E-state index contributed by atoms with van der Waals surface area (Å²) in [5.41, 5.74) is 0. The largest absolute Gasteiger partial charge is 0.481 e. The number of carbonyl (C=O) groups excluding carboxylic acids is 1. The third kappa shape index (κ3) is 6.09. The molecule has 14 heteroatoms. The zero-order valence-electron chi connectivity index (χ0n) is 17.4. The molecular weight excluding hydrogens is 436 g/mol. The van der Waals surface area contributed by atoms with Crippen molar-refractivity contribution in [1.82, 2.24) is 0 Å². The van der Waals surface area contributed by atoms with E-state index in [0.29, 0.717) is 6.42 Å². The number of ether oxygens (including phenoxy) is 1. The first-order valence-corrected chi connectivity index (χ1v) is 10.3. The van der Waals surface area contributed by atoms with Gasteiger partial charge in [0.25, 0.3) is 0 Å². The van der Waals surface area contributed by atoms with Gasteiger partial charge in [0.2, 0.25) is 18.4 Å². The lowest BCUT2D eigenvalue weighted by molar-refractivity contribution is -0.541. The van der Waals surface area contributed by atoms with E-state index in [1.807, 2.05) is 0 Å². The van der Waals surface area contributed by atoms with Crippen molar-refractivity contribution in [2.45, 2.75) is 63.8 Å². The second-order valence-corrected chi connectivity index (χ2v) is 8.03. The molecule has 180 valence electrons. The number of rotatable bonds is 10. The molecule has 0 saturated heterocycles. The molecule has 0 aromatic rings. The van der Waals surface area contributed by atoms with Crippen LogP contribution in [-0.4, -0.2) is 62.9 Å². The SMILES string of the molecule is CC(OOCC1C(C(=O)O)CCCC1[N+](=O)[O-])OC(=O)C1C(C(=O)O)CCCC1[N+](=O)[O-]. The summed E-state index contributed by atoms with van der Waals surface area (Å²) in [4.78, 5) is 66.5. The van der Waals surface area contributed by atoms with Crippen LogP contribution in [-0.2, 0) is 28.9 Å². The lowest BCUT2D eigenvalue weighted by Crippen LogP contribution is -2.47. The molecule has 0 amide bonds. The predicted molar refractivity (Wildman–Crippen MR) is 101 cm³/mol. The standard InChI is InChI=1S/C18H26N2O12/c1-9(31-18(25)15-11(17(23)24)5-3-7-14(15)20(28)29)32-30-8-12-10(16(21)22)4-2-6-13(12)19(26)27/h9-15H,2-8H2,1H3,(H,21,22)(H,23,24). The number of aliphatic carboxylic acids is 2. The lowest BCUT2D eigenvalue weighted by atomic mass is 9.76. The molecule has 2 rings (SSSR count). The first-order valence-electron chi connectivity index (χ1n) is 10.3. The highest BCUT2D eigenvalue weighted by molar-refractivity contribution is 5.82. The fourth-order valence-electron chi connectivity index (χ4n) is 4.52. The highest BCUT2D eigenvalue weighted by Gasteiger charge is 2.50. The van der Waals surface area contributed by atoms with E-state index in [9.17, 15) is 44.8 Å². The Balaban J connectivity index is 1.97. The van der Waals surface area contributed by atoms with Crippen molar-refractivity contribution in [3.63, 3.8) is 0 Å². The maximum absolute atomic E-state index is 12.5. The summed E-state index contributed by atoms with van der Waals surface area (Å²) in [7, 11) is 0. The summed E-state index contributed by atoms with van der Waals surface area (Å²) in [6, 6.07) is -2.55. The number of carboxylic acids is 2. The van der Waals surface area contributed by atoms with Gasteiger partial charge in [-0.1, -0.05) is 0 Å². The predicted octanol–water partition coefficient (Wildman–Crippen LogP) is 1.12. The Hall–Kier alpha value is -2.87. The average molecular weight is 462 g/mol. The number of nitrogens with zero attached hydrogens (tertiary/aromatic N) is 2. The van der Waals surface area contributed by atoms with Gasteiger partial charge in [-0.3, -0.25) is 34.6 Å². The van der Waals surface area contributed by atoms with E-state index >= 15 is 0 Å². The smallest absolute Gasteiger partial charge is 0.319 e. The van der Waals surface area contributed by atoms with Gasteiger partial charge >= 0.3 is 17.9 Å². The molecule has 0 aliphatic heterocycles. The number of hydrogen-bond acceptors (Lipinski definition) is 10. The van der Waals surface area contributed by atoms with Crippen LogP contribution in [0, 0.1) is 43.9 Å². The summed E-state index contributed by atoms with van der Waals surface area (Å²) in [5, 5.41) is 41.2. The van der Waals surface area contributed by atoms with Crippen molar-refractivity contribution >= 4 is 17.9 Å². The molecule has 7 unspecified atom stereocenters. The molecule has 32 heavy (non-hydrogen) atoms. The van der Waals surface area contributed by atoms with Crippen LogP contribution in [0.3, 0.4) is 0 Å². The maximum Gasteiger partial charge on any atom is 0.319 e. The molecule has 2 fully saturated rings. The van der Waals surface area contributed by atoms with Gasteiger partial charge in [-0.2, -0.15) is 4.89 Å². The van der Waals surface area contributed by atoms with Crippen LogP contribution < -0.4 is 0 Å². The zero-order valence-corrected chi connectivity index (χ0v) is 17.4. The maximum atomic E-state index is 12.5. The van der Waals surface area contributed by atoms with Crippen LogP contribution in [0.4, 0.5) is 0 Å². The minimum atomic E-state index is -1.50. The zero-order chi connectivity index (χ0) is 24.0. The number of nitro groups is 2. The second-order valence-electron chi connectivity index (χ2n) is 8.03. The highest BCUT2D eigenvalue weighted by atomic mass is 17.2. The van der Waals surface area contributed by atoms with E-state index in [0.717, 1.165) is 0 Å². The summed E-state index contributed by atoms with van der Waals surface area (Å²) < 4.78 is 4.98. The molecule has 2 N–H and O–H groups in total. The molecule has 2 aliphatic carbocycles. The molecule has 14 nitrogen and oxygen atoms in total. The van der Waals surface area contributed by atoms with Crippen molar-refractivity contribution in [1.29, 1.82) is 0 Å². The molecule has 0 aromatic carbocycles. The summed E-state index contributed by atoms with van der Waals surface area (Å²) in [6.07, 6.45) is -0.182. The molecular formula is C18H26N2O12. The van der Waals surface area contributed by atoms with Crippen molar-refractivity contribution in [3.8, 4) is 0 Å². The molecule has 2 aliphatic rings. The first kappa shape index (κ1) is 25.4. The number of hydrogen-bond donors (Lipinski definition) is 2. The van der Waals surface area contributed by atoms with Crippen molar-refractivity contribution in [2.75, 3.05) is 6.61 Å². The first-order chi connectivity index (χ1) is 15.0. The lowest BCUT2D eigenvalue weighted by Gasteiger charge is -2.31. The molecule has 0 radical (unpaired) electrons. The molecule has 0 heterocycles. The topological polar surface area (TPSA) is 206 Å². The molecule has 0 aromatic heterocycles. The van der Waals surface area contributed by atoms with Gasteiger partial charge in [0.1, 0.15) is 5.92 Å². The van der Waals surface area contributed by atoms with Crippen molar-refractivity contribution in [3.05, 3.63) is 20.2 Å². The molecule has 7 atom stereocenters. The Kier molecular flexibility index (Phi) is 8.83. The van der Waals surface area contributed by atoms with Crippen LogP contribution in [0.2, 0.25) is 0 Å². The Bertz CT molecular complexity index is 699. The summed E-state index contributed by atoms with van der Waals surface area (Å²) >= 11 is 0. The minimum absolute atomic E-state index is 0.0306. The van der Waals surface area contributed by atoms with Crippen LogP contribution in [0.5, 0.6) is 0 Å². The van der Waals surface area contributed by atoms with Gasteiger partial charge in [0.15, 0.2) is 0 Å². The van der Waals surface area contributed by atoms with Gasteiger partial charge in [-0.15, -0.1) is 0 Å². The van der Waals surface area contributed by atoms with Crippen LogP contribution in [0.15, 0.2) is 0 Å². The third-order valence-corrected chi connectivity index (χ3v) is 6.08. The average Bonchev–Trinajstić information content (AvgIpc) is 2.72. The van der Waals surface area contributed by atoms with Gasteiger partial charge in [0.05, 0.1) is 24.4 Å². The van der Waals surface area contributed by atoms with E-state index in [-0.39, 0.29) is 32.1 Å². The van der Waals surface area contributed by atoms with Gasteiger partial charge in [-0.25, -0.2) is 4.89 Å². The quantitative estimate of drug-likeness (QED) is 0.154. The van der Waals surface area contributed by atoms with Gasteiger partial charge < -0.3 is 14.9 Å². The van der Waals surface area contributed by atoms with Crippen LogP contribution in [0.25, 0.3) is 0 Å². The highest BCUT2D eigenvalue weighted by Crippen LogP contribution is 2.34. The minimum Gasteiger partial charge on any atom is -0.481 e. The van der Waals surface area contributed by atoms with E-state index in [1.54, 1.807) is 0 Å². The van der Waals surface area contributed by atoms with E-state index in [1.165, 1.54) is 6.92 Å². The molecule has 2 saturated carbocycles. The van der Waals surface area contributed by atoms with E-state index in [2.05, 4.69) is 0 Å². The number of carboxylic acid groups (broad SMARTS) is 2. The van der Waals surface area contributed by atoms with Crippen LogP contribution >= 0.6 is 0 Å². The fourth-order valence-corrected chi connectivity index (χ4v) is 4.52. The Labute approximate surface area is 182 Å². The van der Waals surface area contributed by atoms with Crippen LogP contribution in [0.1, 0.15) is 45.4 Å². The second kappa shape index (κ2) is 11.1. The number of esters is 1. The monoisotopic (exact) mass is 462 g/mol. The third-order valence-electron chi connectivity index (χ3n) is 6.08. The molecule has 0 bridgehead atoms. The Morgan fingerprint density at radius 3 is 2.00 bits per heavy atom. The van der Waals surface area contributed by atoms with Crippen molar-refractivity contribution in [2.24, 2.45) is 23.7 Å². The van der Waals surface area contributed by atoms with Crippen molar-refractivity contribution < 1.29 is 49.0 Å². The fraction of sp³-hybridized carbons (Fsp3) is 0.833. The number of carbonyl (C=O) groups is 3. The Morgan fingerprint density at radius 1 is 0.938 bits per heavy atom.